The molecule has 1 saturated carbocycles. The summed E-state index contributed by atoms with van der Waals surface area (Å²) in [5, 5.41) is 0. The second kappa shape index (κ2) is 8.97. The van der Waals surface area contributed by atoms with Gasteiger partial charge < -0.3 is 0 Å². The second-order valence-corrected chi connectivity index (χ2v) is 7.66. The summed E-state index contributed by atoms with van der Waals surface area (Å²) in [6.45, 7) is 0. The molecule has 1 aliphatic carbocycles. The Labute approximate surface area is 164 Å². The molecular formula is C23H24ClF3. The van der Waals surface area contributed by atoms with Gasteiger partial charge in [0.25, 0.3) is 0 Å². The van der Waals surface area contributed by atoms with Gasteiger partial charge in [-0.2, -0.15) is 13.2 Å². The van der Waals surface area contributed by atoms with Crippen molar-refractivity contribution in [1.29, 1.82) is 0 Å². The smallest absolute Gasteiger partial charge is 0.166 e. The standard InChI is InChI=1S/C23H24ClF3/c24-16-15-19-5-3-17(4-6-19)1-2-18-7-9-20(10-8-18)21-11-13-22(14-12-21)23(25,26)27/h7-17,19H,1-6H2. The van der Waals surface area contributed by atoms with Crippen molar-refractivity contribution in [2.45, 2.75) is 44.7 Å². The summed E-state index contributed by atoms with van der Waals surface area (Å²) in [7, 11) is 0. The Hall–Kier alpha value is -1.74. The normalized spacial score (nSPS) is 20.9. The van der Waals surface area contributed by atoms with Crippen LogP contribution in [0, 0.1) is 11.8 Å². The first-order valence-corrected chi connectivity index (χ1v) is 9.93. The van der Waals surface area contributed by atoms with E-state index in [4.69, 9.17) is 11.6 Å². The van der Waals surface area contributed by atoms with E-state index in [1.54, 1.807) is 5.54 Å². The molecule has 0 N–H and O–H groups in total. The molecule has 0 nitrogen and oxygen atoms in total. The van der Waals surface area contributed by atoms with Crippen LogP contribution in [0.15, 0.2) is 60.1 Å². The largest absolute Gasteiger partial charge is 0.416 e. The summed E-state index contributed by atoms with van der Waals surface area (Å²) in [6.07, 6.45) is 5.02. The van der Waals surface area contributed by atoms with Crippen LogP contribution in [-0.2, 0) is 12.6 Å². The molecule has 0 bridgehead atoms. The minimum atomic E-state index is -4.29. The van der Waals surface area contributed by atoms with Crippen molar-refractivity contribution in [2.24, 2.45) is 11.8 Å². The monoisotopic (exact) mass is 392 g/mol. The van der Waals surface area contributed by atoms with Gasteiger partial charge in [0.2, 0.25) is 0 Å². The minimum Gasteiger partial charge on any atom is -0.166 e. The molecule has 4 heteroatoms. The van der Waals surface area contributed by atoms with Crippen LogP contribution < -0.4 is 0 Å². The maximum atomic E-state index is 12.7. The van der Waals surface area contributed by atoms with Crippen molar-refractivity contribution in [3.8, 4) is 11.1 Å². The number of hydrogen-bond acceptors (Lipinski definition) is 0. The highest BCUT2D eigenvalue weighted by Gasteiger charge is 2.29. The lowest BCUT2D eigenvalue weighted by Crippen LogP contribution is -2.13. The lowest BCUT2D eigenvalue weighted by Gasteiger charge is -2.26. The molecule has 0 radical (unpaired) electrons. The van der Waals surface area contributed by atoms with Crippen LogP contribution >= 0.6 is 11.6 Å². The Bertz CT molecular complexity index is 737. The molecular weight excluding hydrogens is 369 g/mol. The zero-order valence-electron chi connectivity index (χ0n) is 15.2. The zero-order chi connectivity index (χ0) is 19.3. The number of benzene rings is 2. The number of aryl methyl sites for hydroxylation is 1. The molecule has 0 amide bonds. The van der Waals surface area contributed by atoms with Crippen LogP contribution in [0.5, 0.6) is 0 Å². The van der Waals surface area contributed by atoms with Gasteiger partial charge in [0.05, 0.1) is 5.56 Å². The van der Waals surface area contributed by atoms with Gasteiger partial charge in [-0.25, -0.2) is 0 Å². The Kier molecular flexibility index (Phi) is 6.64. The molecule has 0 spiro atoms. The molecule has 0 heterocycles. The van der Waals surface area contributed by atoms with E-state index in [0.29, 0.717) is 5.92 Å². The lowest BCUT2D eigenvalue weighted by molar-refractivity contribution is -0.137. The first kappa shape index (κ1) is 20.0. The highest BCUT2D eigenvalue weighted by atomic mass is 35.5. The molecule has 144 valence electrons. The first-order valence-electron chi connectivity index (χ1n) is 9.49. The molecule has 2 aromatic carbocycles. The Morgan fingerprint density at radius 2 is 1.41 bits per heavy atom. The summed E-state index contributed by atoms with van der Waals surface area (Å²) >= 11 is 5.67. The lowest BCUT2D eigenvalue weighted by atomic mass is 9.79. The summed E-state index contributed by atoms with van der Waals surface area (Å²) in [5.74, 6) is 1.42. The van der Waals surface area contributed by atoms with Crippen molar-refractivity contribution < 1.29 is 13.2 Å². The van der Waals surface area contributed by atoms with Crippen LogP contribution in [0.1, 0.15) is 43.2 Å². The summed E-state index contributed by atoms with van der Waals surface area (Å²) in [5.41, 5.74) is 4.07. The van der Waals surface area contributed by atoms with Gasteiger partial charge in [-0.15, -0.1) is 0 Å². The third-order valence-corrected chi connectivity index (χ3v) is 5.72. The molecule has 3 rings (SSSR count). The van der Waals surface area contributed by atoms with Crippen molar-refractivity contribution in [2.75, 3.05) is 0 Å². The van der Waals surface area contributed by atoms with Gasteiger partial charge in [0.1, 0.15) is 0 Å². The second-order valence-electron chi connectivity index (χ2n) is 7.41. The number of rotatable bonds is 5. The van der Waals surface area contributed by atoms with E-state index in [1.165, 1.54) is 49.8 Å². The average molecular weight is 393 g/mol. The van der Waals surface area contributed by atoms with E-state index in [0.717, 1.165) is 35.6 Å². The number of allylic oxidation sites excluding steroid dienone is 1. The van der Waals surface area contributed by atoms with E-state index < -0.39 is 11.7 Å². The summed E-state index contributed by atoms with van der Waals surface area (Å²) < 4.78 is 38.0. The summed E-state index contributed by atoms with van der Waals surface area (Å²) in [6, 6.07) is 13.5. The molecule has 27 heavy (non-hydrogen) atoms. The van der Waals surface area contributed by atoms with Gasteiger partial charge in [0, 0.05) is 5.54 Å². The van der Waals surface area contributed by atoms with Gasteiger partial charge >= 0.3 is 6.18 Å². The van der Waals surface area contributed by atoms with Crippen molar-refractivity contribution in [1.82, 2.24) is 0 Å². The fraction of sp³-hybridized carbons (Fsp3) is 0.391. The summed E-state index contributed by atoms with van der Waals surface area (Å²) in [4.78, 5) is 0. The molecule has 0 atom stereocenters. The van der Waals surface area contributed by atoms with E-state index in [9.17, 15) is 13.2 Å². The Balaban J connectivity index is 1.53. The fourth-order valence-electron chi connectivity index (χ4n) is 3.86. The third-order valence-electron chi connectivity index (χ3n) is 5.58. The zero-order valence-corrected chi connectivity index (χ0v) is 15.9. The predicted octanol–water partition coefficient (Wildman–Crippen LogP) is 7.86. The van der Waals surface area contributed by atoms with Crippen molar-refractivity contribution >= 4 is 11.6 Å². The molecule has 0 aliphatic heterocycles. The predicted molar refractivity (Wildman–Crippen MR) is 106 cm³/mol. The Morgan fingerprint density at radius 1 is 0.852 bits per heavy atom. The van der Waals surface area contributed by atoms with Gasteiger partial charge in [-0.1, -0.05) is 54.1 Å². The number of alkyl halides is 3. The van der Waals surface area contributed by atoms with Gasteiger partial charge in [-0.3, -0.25) is 0 Å². The van der Waals surface area contributed by atoms with Crippen LogP contribution in [0.4, 0.5) is 13.2 Å². The highest BCUT2D eigenvalue weighted by molar-refractivity contribution is 6.25. The average Bonchev–Trinajstić information content (AvgIpc) is 2.68. The van der Waals surface area contributed by atoms with Gasteiger partial charge in [0.15, 0.2) is 0 Å². The number of hydrogen-bond donors (Lipinski definition) is 0. The maximum Gasteiger partial charge on any atom is 0.416 e. The van der Waals surface area contributed by atoms with Crippen LogP contribution in [0.25, 0.3) is 11.1 Å². The molecule has 2 aromatic rings. The van der Waals surface area contributed by atoms with Crippen molar-refractivity contribution in [3.05, 3.63) is 71.3 Å². The minimum absolute atomic E-state index is 0.612. The number of halogens is 4. The van der Waals surface area contributed by atoms with Crippen LogP contribution in [0.3, 0.4) is 0 Å². The van der Waals surface area contributed by atoms with E-state index in [1.807, 2.05) is 12.1 Å². The van der Waals surface area contributed by atoms with Crippen molar-refractivity contribution in [3.63, 3.8) is 0 Å². The molecule has 1 aliphatic rings. The maximum absolute atomic E-state index is 12.7. The fourth-order valence-corrected chi connectivity index (χ4v) is 4.06. The van der Waals surface area contributed by atoms with E-state index in [2.05, 4.69) is 18.2 Å². The topological polar surface area (TPSA) is 0 Å². The van der Waals surface area contributed by atoms with Gasteiger partial charge in [-0.05, 0) is 79.2 Å². The third kappa shape index (κ3) is 5.62. The SMILES string of the molecule is FC(F)(F)c1ccc(-c2ccc(CCC3CCC(C=CCl)CC3)cc2)cc1. The Morgan fingerprint density at radius 3 is 1.93 bits per heavy atom. The molecule has 0 aromatic heterocycles. The molecule has 1 fully saturated rings. The van der Waals surface area contributed by atoms with E-state index >= 15 is 0 Å². The highest BCUT2D eigenvalue weighted by Crippen LogP contribution is 2.33. The molecule has 0 saturated heterocycles. The quantitative estimate of drug-likeness (QED) is 0.485. The molecule has 0 unspecified atom stereocenters. The van der Waals surface area contributed by atoms with E-state index in [-0.39, 0.29) is 0 Å². The van der Waals surface area contributed by atoms with Crippen LogP contribution in [-0.4, -0.2) is 0 Å². The van der Waals surface area contributed by atoms with Crippen LogP contribution in [0.2, 0.25) is 0 Å². The first-order chi connectivity index (χ1) is 13.0.